The summed E-state index contributed by atoms with van der Waals surface area (Å²) in [6.07, 6.45) is 21.0. The Morgan fingerprint density at radius 3 is 1.17 bits per heavy atom. The summed E-state index contributed by atoms with van der Waals surface area (Å²) in [4.78, 5) is 0. The highest BCUT2D eigenvalue weighted by molar-refractivity contribution is 5.14. The van der Waals surface area contributed by atoms with Crippen molar-refractivity contribution in [3.8, 4) is 0 Å². The van der Waals surface area contributed by atoms with Crippen LogP contribution in [0.4, 0.5) is 0 Å². The number of hydrogen-bond acceptors (Lipinski definition) is 2. The first-order chi connectivity index (χ1) is 17.8. The third-order valence-electron chi connectivity index (χ3n) is 6.86. The van der Waals surface area contributed by atoms with Crippen molar-refractivity contribution in [1.29, 1.82) is 0 Å². The highest BCUT2D eigenvalue weighted by Gasteiger charge is 1.99. The molecule has 0 N–H and O–H groups in total. The Kier molecular flexibility index (Phi) is 18.8. The maximum atomic E-state index is 5.77. The van der Waals surface area contributed by atoms with Gasteiger partial charge in [0.05, 0.1) is 13.2 Å². The summed E-state index contributed by atoms with van der Waals surface area (Å²) in [6.45, 7) is 7.59. The number of benzene rings is 2. The zero-order chi connectivity index (χ0) is 25.4. The second kappa shape index (κ2) is 22.3. The van der Waals surface area contributed by atoms with Crippen molar-refractivity contribution >= 4 is 0 Å². The maximum Gasteiger partial charge on any atom is 0.0716 e. The molecular formula is C34H52O2. The molecule has 2 aromatic rings. The molecule has 0 heterocycles. The smallest absolute Gasteiger partial charge is 0.0716 e. The lowest BCUT2D eigenvalue weighted by Gasteiger charge is -2.07. The number of hydrogen-bond donors (Lipinski definition) is 0. The fourth-order valence-corrected chi connectivity index (χ4v) is 4.58. The molecule has 0 atom stereocenters. The molecule has 0 aliphatic heterocycles. The standard InChI is InChI=1S/C34H52O2/c1-32(22-14-8-4-2-6-10-20-28-35-30-33-24-16-12-17-25-33)23-15-9-5-3-7-11-21-29-36-31-34-26-18-13-19-27-34/h12-13,16-19,24-27H,1-11,14-15,20-23,28-31H2. The van der Waals surface area contributed by atoms with E-state index in [0.29, 0.717) is 0 Å². The van der Waals surface area contributed by atoms with E-state index in [4.69, 9.17) is 9.47 Å². The predicted octanol–water partition coefficient (Wildman–Crippen LogP) is 10.2. The minimum atomic E-state index is 0.747. The molecule has 2 rings (SSSR count). The van der Waals surface area contributed by atoms with E-state index in [-0.39, 0.29) is 0 Å². The Morgan fingerprint density at radius 2 is 0.778 bits per heavy atom. The van der Waals surface area contributed by atoms with E-state index in [1.54, 1.807) is 0 Å². The number of rotatable bonds is 24. The molecule has 200 valence electrons. The molecule has 0 aliphatic rings. The van der Waals surface area contributed by atoms with Gasteiger partial charge >= 0.3 is 0 Å². The molecule has 0 amide bonds. The summed E-state index contributed by atoms with van der Waals surface area (Å²) >= 11 is 0. The van der Waals surface area contributed by atoms with Crippen LogP contribution in [0.15, 0.2) is 72.8 Å². The Balaban J connectivity index is 1.23. The molecule has 0 fully saturated rings. The van der Waals surface area contributed by atoms with E-state index in [9.17, 15) is 0 Å². The molecule has 0 bridgehead atoms. The van der Waals surface area contributed by atoms with Crippen molar-refractivity contribution in [3.05, 3.63) is 83.9 Å². The van der Waals surface area contributed by atoms with Crippen molar-refractivity contribution in [2.24, 2.45) is 0 Å². The van der Waals surface area contributed by atoms with Gasteiger partial charge in [-0.2, -0.15) is 0 Å². The molecule has 0 aliphatic carbocycles. The minimum absolute atomic E-state index is 0.747. The van der Waals surface area contributed by atoms with Gasteiger partial charge in [-0.3, -0.25) is 0 Å². The van der Waals surface area contributed by atoms with Crippen LogP contribution < -0.4 is 0 Å². The lowest BCUT2D eigenvalue weighted by atomic mass is 10.0. The predicted molar refractivity (Wildman–Crippen MR) is 155 cm³/mol. The van der Waals surface area contributed by atoms with Gasteiger partial charge in [-0.15, -0.1) is 0 Å². The SMILES string of the molecule is C=C(CCCCCCCCCOCc1ccccc1)CCCCCCCCCOCc1ccccc1. The monoisotopic (exact) mass is 492 g/mol. The van der Waals surface area contributed by atoms with Crippen LogP contribution in [-0.2, 0) is 22.7 Å². The molecular weight excluding hydrogens is 440 g/mol. The maximum absolute atomic E-state index is 5.77. The quantitative estimate of drug-likeness (QED) is 0.107. The summed E-state index contributed by atoms with van der Waals surface area (Å²) < 4.78 is 11.5. The van der Waals surface area contributed by atoms with Crippen LogP contribution in [-0.4, -0.2) is 13.2 Å². The van der Waals surface area contributed by atoms with Gasteiger partial charge in [0.15, 0.2) is 0 Å². The van der Waals surface area contributed by atoms with Crippen molar-refractivity contribution in [1.82, 2.24) is 0 Å². The average Bonchev–Trinajstić information content (AvgIpc) is 2.91. The van der Waals surface area contributed by atoms with Crippen LogP contribution in [0.2, 0.25) is 0 Å². The summed E-state index contributed by atoms with van der Waals surface area (Å²) in [5.41, 5.74) is 4.01. The fourth-order valence-electron chi connectivity index (χ4n) is 4.58. The van der Waals surface area contributed by atoms with E-state index in [1.807, 2.05) is 0 Å². The van der Waals surface area contributed by atoms with Crippen LogP contribution in [0.25, 0.3) is 0 Å². The zero-order valence-corrected chi connectivity index (χ0v) is 22.9. The first-order valence-corrected chi connectivity index (χ1v) is 14.7. The Labute approximate surface area is 222 Å². The highest BCUT2D eigenvalue weighted by Crippen LogP contribution is 2.17. The molecule has 0 aromatic heterocycles. The number of allylic oxidation sites excluding steroid dienone is 1. The van der Waals surface area contributed by atoms with Gasteiger partial charge in [0, 0.05) is 13.2 Å². The summed E-state index contributed by atoms with van der Waals surface area (Å²) in [7, 11) is 0. The first kappa shape index (κ1) is 30.3. The van der Waals surface area contributed by atoms with Crippen LogP contribution in [0.5, 0.6) is 0 Å². The van der Waals surface area contributed by atoms with Crippen molar-refractivity contribution in [2.45, 2.75) is 116 Å². The second-order valence-corrected chi connectivity index (χ2v) is 10.3. The molecule has 2 aromatic carbocycles. The minimum Gasteiger partial charge on any atom is -0.377 e. The van der Waals surface area contributed by atoms with E-state index in [2.05, 4.69) is 67.2 Å². The number of ether oxygens (including phenoxy) is 2. The van der Waals surface area contributed by atoms with E-state index >= 15 is 0 Å². The van der Waals surface area contributed by atoms with Gasteiger partial charge in [0.2, 0.25) is 0 Å². The zero-order valence-electron chi connectivity index (χ0n) is 22.9. The average molecular weight is 493 g/mol. The highest BCUT2D eigenvalue weighted by atomic mass is 16.5. The Bertz CT molecular complexity index is 677. The van der Waals surface area contributed by atoms with Crippen LogP contribution >= 0.6 is 0 Å². The van der Waals surface area contributed by atoms with E-state index < -0.39 is 0 Å². The Morgan fingerprint density at radius 1 is 0.444 bits per heavy atom. The fraction of sp³-hybridized carbons (Fsp3) is 0.588. The van der Waals surface area contributed by atoms with Gasteiger partial charge in [-0.25, -0.2) is 0 Å². The molecule has 2 heteroatoms. The molecule has 2 nitrogen and oxygen atoms in total. The summed E-state index contributed by atoms with van der Waals surface area (Å²) in [6, 6.07) is 20.9. The van der Waals surface area contributed by atoms with Crippen molar-refractivity contribution in [2.75, 3.05) is 13.2 Å². The lowest BCUT2D eigenvalue weighted by molar-refractivity contribution is 0.116. The molecule has 0 saturated heterocycles. The van der Waals surface area contributed by atoms with E-state index in [0.717, 1.165) is 26.4 Å². The molecule has 0 saturated carbocycles. The third-order valence-corrected chi connectivity index (χ3v) is 6.86. The molecule has 36 heavy (non-hydrogen) atoms. The van der Waals surface area contributed by atoms with Crippen LogP contribution in [0.3, 0.4) is 0 Å². The van der Waals surface area contributed by atoms with E-state index in [1.165, 1.54) is 119 Å². The van der Waals surface area contributed by atoms with Gasteiger partial charge in [0.25, 0.3) is 0 Å². The first-order valence-electron chi connectivity index (χ1n) is 14.7. The van der Waals surface area contributed by atoms with Crippen LogP contribution in [0, 0.1) is 0 Å². The van der Waals surface area contributed by atoms with Crippen molar-refractivity contribution < 1.29 is 9.47 Å². The third kappa shape index (κ3) is 17.5. The lowest BCUT2D eigenvalue weighted by Crippen LogP contribution is -1.95. The largest absolute Gasteiger partial charge is 0.377 e. The summed E-state index contributed by atoms with van der Waals surface area (Å²) in [5.74, 6) is 0. The molecule has 0 radical (unpaired) electrons. The van der Waals surface area contributed by atoms with Gasteiger partial charge in [-0.1, -0.05) is 137 Å². The topological polar surface area (TPSA) is 18.5 Å². The summed E-state index contributed by atoms with van der Waals surface area (Å²) in [5, 5.41) is 0. The van der Waals surface area contributed by atoms with Gasteiger partial charge in [-0.05, 0) is 49.7 Å². The number of unbranched alkanes of at least 4 members (excludes halogenated alkanes) is 12. The van der Waals surface area contributed by atoms with Gasteiger partial charge in [0.1, 0.15) is 0 Å². The second-order valence-electron chi connectivity index (χ2n) is 10.3. The van der Waals surface area contributed by atoms with Crippen LogP contribution in [0.1, 0.15) is 114 Å². The molecule has 0 spiro atoms. The van der Waals surface area contributed by atoms with Gasteiger partial charge < -0.3 is 9.47 Å². The Hall–Kier alpha value is -1.90. The molecule has 0 unspecified atom stereocenters. The normalized spacial score (nSPS) is 11.1. The van der Waals surface area contributed by atoms with Crippen molar-refractivity contribution in [3.63, 3.8) is 0 Å².